The van der Waals surface area contributed by atoms with Crippen LogP contribution in [0.2, 0.25) is 10.3 Å². The van der Waals surface area contributed by atoms with Crippen LogP contribution in [0.25, 0.3) is 6.08 Å². The molecular weight excluding hydrogens is 257 g/mol. The first-order valence-electron chi connectivity index (χ1n) is 5.15. The third kappa shape index (κ3) is 5.08. The van der Waals surface area contributed by atoms with Gasteiger partial charge < -0.3 is 4.90 Å². The lowest BCUT2D eigenvalue weighted by Gasteiger charge is -2.05. The first kappa shape index (κ1) is 15.8. The van der Waals surface area contributed by atoms with Crippen molar-refractivity contribution in [2.75, 3.05) is 14.1 Å². The molecule has 0 spiro atoms. The summed E-state index contributed by atoms with van der Waals surface area (Å²) >= 11 is 11.5. The molecule has 0 bridgehead atoms. The molecule has 3 nitrogen and oxygen atoms in total. The van der Waals surface area contributed by atoms with Crippen molar-refractivity contribution in [1.82, 2.24) is 9.88 Å². The van der Waals surface area contributed by atoms with Crippen LogP contribution in [0.5, 0.6) is 0 Å². The number of hydrogen-bond acceptors (Lipinski definition) is 3. The van der Waals surface area contributed by atoms with E-state index in [1.807, 2.05) is 45.1 Å². The molecule has 0 fully saturated rings. The molecule has 0 atom stereocenters. The predicted octanol–water partition coefficient (Wildman–Crippen LogP) is 3.82. The standard InChI is InChI=1S/C10H9Cl2N3.C2H6/c1-15(2)4-3-7-5-9(11)14-10(12)8(7)6-13;1-2/h3-5H,1-2H3;1-2H3/b4-3+;. The zero-order valence-corrected chi connectivity index (χ0v) is 11.8. The van der Waals surface area contributed by atoms with Crippen LogP contribution in [0.3, 0.4) is 0 Å². The Morgan fingerprint density at radius 3 is 2.41 bits per heavy atom. The maximum atomic E-state index is 8.89. The zero-order chi connectivity index (χ0) is 13.4. The Morgan fingerprint density at radius 2 is 1.94 bits per heavy atom. The molecule has 1 heterocycles. The molecule has 1 aromatic rings. The molecule has 1 aromatic heterocycles. The van der Waals surface area contributed by atoms with Crippen molar-refractivity contribution in [2.45, 2.75) is 13.8 Å². The van der Waals surface area contributed by atoms with Gasteiger partial charge in [-0.25, -0.2) is 4.98 Å². The molecule has 0 aliphatic carbocycles. The lowest BCUT2D eigenvalue weighted by molar-refractivity contribution is 0.567. The van der Waals surface area contributed by atoms with E-state index >= 15 is 0 Å². The van der Waals surface area contributed by atoms with Crippen LogP contribution < -0.4 is 0 Å². The van der Waals surface area contributed by atoms with E-state index in [2.05, 4.69) is 4.98 Å². The lowest BCUT2D eigenvalue weighted by Crippen LogP contribution is -2.00. The van der Waals surface area contributed by atoms with Crippen LogP contribution in [-0.4, -0.2) is 24.0 Å². The highest BCUT2D eigenvalue weighted by Gasteiger charge is 2.07. The molecule has 1 rings (SSSR count). The van der Waals surface area contributed by atoms with Gasteiger partial charge in [-0.05, 0) is 23.9 Å². The number of hydrogen-bond donors (Lipinski definition) is 0. The average Bonchev–Trinajstić information content (AvgIpc) is 2.28. The molecule has 0 amide bonds. The third-order valence-electron chi connectivity index (χ3n) is 1.64. The van der Waals surface area contributed by atoms with Gasteiger partial charge in [0.05, 0.1) is 5.56 Å². The average molecular weight is 272 g/mol. The molecule has 0 saturated heterocycles. The third-order valence-corrected chi connectivity index (χ3v) is 2.11. The van der Waals surface area contributed by atoms with E-state index < -0.39 is 0 Å². The molecule has 0 aliphatic heterocycles. The van der Waals surface area contributed by atoms with Gasteiger partial charge in [0.1, 0.15) is 16.4 Å². The van der Waals surface area contributed by atoms with Gasteiger partial charge >= 0.3 is 0 Å². The smallest absolute Gasteiger partial charge is 0.149 e. The van der Waals surface area contributed by atoms with E-state index in [-0.39, 0.29) is 10.3 Å². The van der Waals surface area contributed by atoms with Crippen molar-refractivity contribution in [3.8, 4) is 6.07 Å². The minimum atomic E-state index is 0.128. The van der Waals surface area contributed by atoms with Crippen molar-refractivity contribution in [1.29, 1.82) is 5.26 Å². The fourth-order valence-corrected chi connectivity index (χ4v) is 1.46. The highest BCUT2D eigenvalue weighted by molar-refractivity contribution is 6.33. The Morgan fingerprint density at radius 1 is 1.35 bits per heavy atom. The molecule has 0 aliphatic rings. The second-order valence-corrected chi connectivity index (χ2v) is 3.84. The van der Waals surface area contributed by atoms with E-state index in [1.165, 1.54) is 0 Å². The second-order valence-electron chi connectivity index (χ2n) is 3.09. The number of halogens is 2. The van der Waals surface area contributed by atoms with Gasteiger partial charge in [-0.15, -0.1) is 0 Å². The van der Waals surface area contributed by atoms with E-state index in [0.717, 1.165) is 0 Å². The number of aromatic nitrogens is 1. The number of nitriles is 1. The van der Waals surface area contributed by atoms with Crippen molar-refractivity contribution in [3.63, 3.8) is 0 Å². The van der Waals surface area contributed by atoms with Crippen LogP contribution in [0.1, 0.15) is 25.0 Å². The van der Waals surface area contributed by atoms with Crippen molar-refractivity contribution in [3.05, 3.63) is 33.7 Å². The highest BCUT2D eigenvalue weighted by atomic mass is 35.5. The number of nitrogens with zero attached hydrogens (tertiary/aromatic N) is 3. The first-order chi connectivity index (χ1) is 8.04. The molecule has 0 radical (unpaired) electrons. The lowest BCUT2D eigenvalue weighted by atomic mass is 10.1. The summed E-state index contributed by atoms with van der Waals surface area (Å²) in [5.41, 5.74) is 0.996. The quantitative estimate of drug-likeness (QED) is 0.768. The maximum absolute atomic E-state index is 8.89. The minimum absolute atomic E-state index is 0.128. The van der Waals surface area contributed by atoms with E-state index in [9.17, 15) is 0 Å². The van der Waals surface area contributed by atoms with Gasteiger partial charge in [-0.3, -0.25) is 0 Å². The van der Waals surface area contributed by atoms with Gasteiger partial charge in [0.25, 0.3) is 0 Å². The summed E-state index contributed by atoms with van der Waals surface area (Å²) in [5.74, 6) is 0. The molecule has 17 heavy (non-hydrogen) atoms. The molecule has 0 unspecified atom stereocenters. The molecule has 0 N–H and O–H groups in total. The van der Waals surface area contributed by atoms with E-state index in [0.29, 0.717) is 11.1 Å². The summed E-state index contributed by atoms with van der Waals surface area (Å²) in [4.78, 5) is 5.64. The van der Waals surface area contributed by atoms with E-state index in [4.69, 9.17) is 28.5 Å². The zero-order valence-electron chi connectivity index (χ0n) is 10.3. The Balaban J connectivity index is 0.00000121. The van der Waals surface area contributed by atoms with Gasteiger partial charge in [-0.2, -0.15) is 5.26 Å². The summed E-state index contributed by atoms with van der Waals surface area (Å²) in [6, 6.07) is 3.60. The van der Waals surface area contributed by atoms with Crippen LogP contribution in [-0.2, 0) is 0 Å². The summed E-state index contributed by atoms with van der Waals surface area (Å²) in [5, 5.41) is 9.29. The summed E-state index contributed by atoms with van der Waals surface area (Å²) in [7, 11) is 3.76. The Hall–Kier alpha value is -1.24. The number of pyridine rings is 1. The fraction of sp³-hybridized carbons (Fsp3) is 0.333. The fourth-order valence-electron chi connectivity index (χ4n) is 0.973. The maximum Gasteiger partial charge on any atom is 0.149 e. The Kier molecular flexibility index (Phi) is 7.36. The van der Waals surface area contributed by atoms with E-state index in [1.54, 1.807) is 12.1 Å². The number of rotatable bonds is 2. The Bertz CT molecular complexity index is 434. The van der Waals surface area contributed by atoms with Crippen LogP contribution in [0.15, 0.2) is 12.3 Å². The minimum Gasteiger partial charge on any atom is -0.383 e. The molecular formula is C12H15Cl2N3. The SMILES string of the molecule is CC.CN(C)/C=C/c1cc(Cl)nc(Cl)c1C#N. The molecule has 0 aromatic carbocycles. The van der Waals surface area contributed by atoms with Crippen LogP contribution in [0, 0.1) is 11.3 Å². The predicted molar refractivity (Wildman–Crippen MR) is 73.0 cm³/mol. The highest BCUT2D eigenvalue weighted by Crippen LogP contribution is 2.22. The van der Waals surface area contributed by atoms with Crippen LogP contribution >= 0.6 is 23.2 Å². The Labute approximate surface area is 112 Å². The largest absolute Gasteiger partial charge is 0.383 e. The van der Waals surface area contributed by atoms with Crippen molar-refractivity contribution in [2.24, 2.45) is 0 Å². The summed E-state index contributed by atoms with van der Waals surface area (Å²) < 4.78 is 0. The van der Waals surface area contributed by atoms with Gasteiger partial charge in [0.15, 0.2) is 0 Å². The van der Waals surface area contributed by atoms with Crippen molar-refractivity contribution < 1.29 is 0 Å². The van der Waals surface area contributed by atoms with Crippen LogP contribution in [0.4, 0.5) is 0 Å². The molecule has 92 valence electrons. The van der Waals surface area contributed by atoms with Gasteiger partial charge in [-0.1, -0.05) is 37.0 Å². The summed E-state index contributed by atoms with van der Waals surface area (Å²) in [6.45, 7) is 4.00. The molecule has 5 heteroatoms. The monoisotopic (exact) mass is 271 g/mol. The molecule has 0 saturated carbocycles. The topological polar surface area (TPSA) is 39.9 Å². The van der Waals surface area contributed by atoms with Crippen molar-refractivity contribution >= 4 is 29.3 Å². The second kappa shape index (κ2) is 7.94. The first-order valence-corrected chi connectivity index (χ1v) is 5.91. The van der Waals surface area contributed by atoms with Gasteiger partial charge in [0.2, 0.25) is 0 Å². The summed E-state index contributed by atoms with van der Waals surface area (Å²) in [6.07, 6.45) is 3.57. The normalized spacial score (nSPS) is 9.47. The van der Waals surface area contributed by atoms with Gasteiger partial charge in [0, 0.05) is 14.1 Å².